The molecule has 1 saturated heterocycles. The number of alkyl halides is 3. The molecular weight excluding hydrogens is 510 g/mol. The van der Waals surface area contributed by atoms with E-state index in [1.165, 1.54) is 12.1 Å². The van der Waals surface area contributed by atoms with Crippen LogP contribution >= 0.6 is 24.0 Å². The molecule has 1 fully saturated rings. The fraction of sp³-hybridized carbons (Fsp3) is 0.650. The van der Waals surface area contributed by atoms with Gasteiger partial charge in [-0.25, -0.2) is 0 Å². The molecule has 0 amide bonds. The summed E-state index contributed by atoms with van der Waals surface area (Å²) in [6.07, 6.45) is -2.12. The smallest absolute Gasteiger partial charge is 0.422 e. The van der Waals surface area contributed by atoms with Crippen LogP contribution in [0, 0.1) is 0 Å². The Labute approximate surface area is 194 Å². The van der Waals surface area contributed by atoms with Gasteiger partial charge in [-0.1, -0.05) is 12.1 Å². The van der Waals surface area contributed by atoms with Crippen molar-refractivity contribution in [2.75, 3.05) is 60.0 Å². The summed E-state index contributed by atoms with van der Waals surface area (Å²) in [7, 11) is 3.88. The van der Waals surface area contributed by atoms with Crippen LogP contribution in [-0.4, -0.2) is 81.9 Å². The third kappa shape index (κ3) is 11.2. The third-order valence-electron chi connectivity index (χ3n) is 4.80. The highest BCUT2D eigenvalue weighted by molar-refractivity contribution is 14.0. The summed E-state index contributed by atoms with van der Waals surface area (Å²) >= 11 is 0. The average Bonchev–Trinajstić information content (AvgIpc) is 2.70. The number of nitrogens with one attached hydrogen (secondary N) is 2. The monoisotopic (exact) mass is 543 g/mol. The number of hydrogen-bond acceptors (Lipinski definition) is 4. The Hall–Kier alpha value is -1.27. The summed E-state index contributed by atoms with van der Waals surface area (Å²) in [5, 5.41) is 6.50. The van der Waals surface area contributed by atoms with Crippen molar-refractivity contribution in [3.05, 3.63) is 29.8 Å². The van der Waals surface area contributed by atoms with Gasteiger partial charge in [0.15, 0.2) is 12.6 Å². The zero-order chi connectivity index (χ0) is 21.1. The van der Waals surface area contributed by atoms with E-state index in [4.69, 9.17) is 4.74 Å². The van der Waals surface area contributed by atoms with E-state index in [2.05, 4.69) is 32.5 Å². The first-order chi connectivity index (χ1) is 13.9. The van der Waals surface area contributed by atoms with Gasteiger partial charge in [0.2, 0.25) is 0 Å². The first kappa shape index (κ1) is 26.8. The lowest BCUT2D eigenvalue weighted by molar-refractivity contribution is -0.153. The van der Waals surface area contributed by atoms with Gasteiger partial charge in [-0.2, -0.15) is 13.2 Å². The van der Waals surface area contributed by atoms with E-state index in [1.807, 2.05) is 0 Å². The molecule has 6 nitrogen and oxygen atoms in total. The number of halogens is 4. The summed E-state index contributed by atoms with van der Waals surface area (Å²) in [6, 6.07) is 6.55. The highest BCUT2D eigenvalue weighted by Crippen LogP contribution is 2.18. The van der Waals surface area contributed by atoms with Crippen LogP contribution in [0.3, 0.4) is 0 Å². The maximum absolute atomic E-state index is 12.2. The fourth-order valence-corrected chi connectivity index (χ4v) is 3.01. The minimum Gasteiger partial charge on any atom is -0.484 e. The number of ether oxygens (including phenoxy) is 1. The second-order valence-corrected chi connectivity index (χ2v) is 7.25. The number of guanidine groups is 1. The maximum atomic E-state index is 12.2. The lowest BCUT2D eigenvalue weighted by Crippen LogP contribution is -2.44. The lowest BCUT2D eigenvalue weighted by atomic mass is 10.2. The van der Waals surface area contributed by atoms with Crippen molar-refractivity contribution < 1.29 is 17.9 Å². The number of benzene rings is 1. The molecule has 10 heteroatoms. The van der Waals surface area contributed by atoms with Crippen molar-refractivity contribution in [3.8, 4) is 5.75 Å². The van der Waals surface area contributed by atoms with Crippen LogP contribution in [0.4, 0.5) is 13.2 Å². The summed E-state index contributed by atoms with van der Waals surface area (Å²) in [5.41, 5.74) is 0.933. The van der Waals surface area contributed by atoms with E-state index >= 15 is 0 Å². The molecule has 0 saturated carbocycles. The Morgan fingerprint density at radius 2 is 1.73 bits per heavy atom. The van der Waals surface area contributed by atoms with Crippen LogP contribution in [0.1, 0.15) is 18.4 Å². The number of aliphatic imine (C=N–C) groups is 1. The minimum absolute atomic E-state index is 0. The predicted molar refractivity (Wildman–Crippen MR) is 125 cm³/mol. The van der Waals surface area contributed by atoms with E-state index in [0.29, 0.717) is 12.5 Å². The van der Waals surface area contributed by atoms with Crippen LogP contribution in [0.25, 0.3) is 0 Å². The molecule has 0 aromatic heterocycles. The van der Waals surface area contributed by atoms with Gasteiger partial charge in [-0.3, -0.25) is 4.99 Å². The highest BCUT2D eigenvalue weighted by atomic mass is 127. The van der Waals surface area contributed by atoms with E-state index in [9.17, 15) is 13.2 Å². The van der Waals surface area contributed by atoms with Crippen LogP contribution in [0.5, 0.6) is 5.75 Å². The van der Waals surface area contributed by atoms with Gasteiger partial charge in [0, 0.05) is 46.3 Å². The fourth-order valence-electron chi connectivity index (χ4n) is 3.01. The second-order valence-electron chi connectivity index (χ2n) is 7.25. The van der Waals surface area contributed by atoms with E-state index in [1.54, 1.807) is 19.2 Å². The SMILES string of the molecule is CN=C(NCCCCN1CCN(C)CC1)NCc1ccc(OCC(F)(F)F)cc1.I. The Bertz CT molecular complexity index is 620. The van der Waals surface area contributed by atoms with Crippen molar-refractivity contribution in [1.29, 1.82) is 0 Å². The molecule has 0 radical (unpaired) electrons. The molecule has 0 unspecified atom stereocenters. The normalized spacial score (nSPS) is 16.1. The van der Waals surface area contributed by atoms with E-state index < -0.39 is 12.8 Å². The molecule has 0 spiro atoms. The van der Waals surface area contributed by atoms with Crippen LogP contribution in [0.15, 0.2) is 29.3 Å². The van der Waals surface area contributed by atoms with Crippen LogP contribution in [0.2, 0.25) is 0 Å². The van der Waals surface area contributed by atoms with Crippen molar-refractivity contribution in [3.63, 3.8) is 0 Å². The van der Waals surface area contributed by atoms with Gasteiger partial charge in [0.05, 0.1) is 0 Å². The lowest BCUT2D eigenvalue weighted by Gasteiger charge is -2.32. The van der Waals surface area contributed by atoms with Gasteiger partial charge >= 0.3 is 6.18 Å². The van der Waals surface area contributed by atoms with E-state index in [0.717, 1.165) is 57.7 Å². The van der Waals surface area contributed by atoms with Crippen molar-refractivity contribution in [1.82, 2.24) is 20.4 Å². The number of piperazine rings is 1. The molecule has 172 valence electrons. The quantitative estimate of drug-likeness (QED) is 0.217. The molecule has 0 atom stereocenters. The Kier molecular flexibility index (Phi) is 12.4. The summed E-state index contributed by atoms with van der Waals surface area (Å²) < 4.78 is 41.2. The van der Waals surface area contributed by atoms with Crippen LogP contribution < -0.4 is 15.4 Å². The summed E-state index contributed by atoms with van der Waals surface area (Å²) in [5.74, 6) is 0.913. The topological polar surface area (TPSA) is 52.1 Å². The maximum Gasteiger partial charge on any atom is 0.422 e. The van der Waals surface area contributed by atoms with Gasteiger partial charge in [-0.15, -0.1) is 24.0 Å². The van der Waals surface area contributed by atoms with Gasteiger partial charge in [0.25, 0.3) is 0 Å². The largest absolute Gasteiger partial charge is 0.484 e. The molecule has 1 aliphatic heterocycles. The second kappa shape index (κ2) is 13.9. The first-order valence-corrected chi connectivity index (χ1v) is 9.99. The first-order valence-electron chi connectivity index (χ1n) is 9.99. The van der Waals surface area contributed by atoms with Crippen molar-refractivity contribution in [2.24, 2.45) is 4.99 Å². The predicted octanol–water partition coefficient (Wildman–Crippen LogP) is 2.94. The number of likely N-dealkylation sites (N-methyl/N-ethyl adjacent to an activating group) is 1. The van der Waals surface area contributed by atoms with E-state index in [-0.39, 0.29) is 29.7 Å². The highest BCUT2D eigenvalue weighted by Gasteiger charge is 2.28. The van der Waals surface area contributed by atoms with Gasteiger partial charge in [-0.05, 0) is 44.1 Å². The number of hydrogen-bond donors (Lipinski definition) is 2. The van der Waals surface area contributed by atoms with Gasteiger partial charge in [0.1, 0.15) is 5.75 Å². The summed E-state index contributed by atoms with van der Waals surface area (Å²) in [6.45, 7) is 5.80. The zero-order valence-electron chi connectivity index (χ0n) is 17.7. The molecule has 1 aromatic rings. The zero-order valence-corrected chi connectivity index (χ0v) is 20.0. The Morgan fingerprint density at radius 3 is 2.33 bits per heavy atom. The molecule has 1 heterocycles. The molecule has 2 N–H and O–H groups in total. The summed E-state index contributed by atoms with van der Waals surface area (Å²) in [4.78, 5) is 9.07. The van der Waals surface area contributed by atoms with Crippen LogP contribution in [-0.2, 0) is 6.54 Å². The molecule has 0 bridgehead atoms. The molecule has 0 aliphatic carbocycles. The number of nitrogens with zero attached hydrogens (tertiary/aromatic N) is 3. The van der Waals surface area contributed by atoms with Crippen molar-refractivity contribution >= 4 is 29.9 Å². The third-order valence-corrected chi connectivity index (χ3v) is 4.80. The van der Waals surface area contributed by atoms with Crippen molar-refractivity contribution in [2.45, 2.75) is 25.6 Å². The Balaban J connectivity index is 0.00000450. The molecular formula is C20H33F3IN5O. The van der Waals surface area contributed by atoms with Gasteiger partial charge < -0.3 is 25.2 Å². The molecule has 2 rings (SSSR count). The average molecular weight is 543 g/mol. The number of rotatable bonds is 9. The molecule has 30 heavy (non-hydrogen) atoms. The number of unbranched alkanes of at least 4 members (excludes halogenated alkanes) is 1. The molecule has 1 aliphatic rings. The minimum atomic E-state index is -4.33. The molecule has 1 aromatic carbocycles. The Morgan fingerprint density at radius 1 is 1.07 bits per heavy atom. The standard InChI is InChI=1S/C20H32F3N5O.HI/c1-24-19(25-9-3-4-10-28-13-11-27(2)12-14-28)26-15-17-5-7-18(8-6-17)29-16-20(21,22)23;/h5-8H,3-4,9-16H2,1-2H3,(H2,24,25,26);1H.